The number of nitrogens with zero attached hydrogens (tertiary/aromatic N) is 3. The lowest BCUT2D eigenvalue weighted by Crippen LogP contribution is -2.12. The number of fused-ring (bicyclic) bond motifs is 1. The van der Waals surface area contributed by atoms with Gasteiger partial charge in [0, 0.05) is 22.7 Å². The minimum absolute atomic E-state index is 0.0869. The molecular formula is C20H12F4N4O2. The van der Waals surface area contributed by atoms with E-state index in [9.17, 15) is 22.4 Å². The number of rotatable bonds is 3. The van der Waals surface area contributed by atoms with Crippen LogP contribution >= 0.6 is 0 Å². The van der Waals surface area contributed by atoms with Crippen molar-refractivity contribution < 1.29 is 26.9 Å². The number of carbonyl (C=O) groups excluding carboxylic acids is 1. The molecule has 2 aromatic carbocycles. The van der Waals surface area contributed by atoms with Crippen LogP contribution in [0.1, 0.15) is 21.7 Å². The summed E-state index contributed by atoms with van der Waals surface area (Å²) in [6, 6.07) is 6.97. The molecule has 0 atom stereocenters. The molecule has 0 aliphatic rings. The second-order valence-corrected chi connectivity index (χ2v) is 6.52. The van der Waals surface area contributed by atoms with E-state index in [0.29, 0.717) is 22.5 Å². The molecule has 2 N–H and O–H groups in total. The monoisotopic (exact) mass is 416 g/mol. The van der Waals surface area contributed by atoms with Gasteiger partial charge in [0.15, 0.2) is 5.82 Å². The zero-order valence-corrected chi connectivity index (χ0v) is 15.3. The number of hydrogen-bond donors (Lipinski definition) is 1. The van der Waals surface area contributed by atoms with Gasteiger partial charge in [0.05, 0.1) is 11.1 Å². The molecule has 2 aromatic heterocycles. The minimum atomic E-state index is -4.71. The Morgan fingerprint density at radius 2 is 1.87 bits per heavy atom. The van der Waals surface area contributed by atoms with Crippen LogP contribution < -0.4 is 5.73 Å². The second-order valence-electron chi connectivity index (χ2n) is 6.52. The Hall–Kier alpha value is -3.82. The van der Waals surface area contributed by atoms with Crippen molar-refractivity contribution >= 4 is 16.8 Å². The van der Waals surface area contributed by atoms with Crippen molar-refractivity contribution in [1.82, 2.24) is 15.1 Å². The Morgan fingerprint density at radius 3 is 2.57 bits per heavy atom. The highest BCUT2D eigenvalue weighted by molar-refractivity contribution is 6.00. The second kappa shape index (κ2) is 6.90. The Kier molecular flexibility index (Phi) is 4.49. The molecule has 0 unspecified atom stereocenters. The van der Waals surface area contributed by atoms with Crippen molar-refractivity contribution in [3.8, 4) is 22.6 Å². The Bertz CT molecular complexity index is 1300. The maximum Gasteiger partial charge on any atom is 0.416 e. The van der Waals surface area contributed by atoms with E-state index < -0.39 is 23.5 Å². The maximum atomic E-state index is 13.7. The topological polar surface area (TPSA) is 94.9 Å². The highest BCUT2D eigenvalue weighted by atomic mass is 19.4. The van der Waals surface area contributed by atoms with E-state index in [-0.39, 0.29) is 28.4 Å². The van der Waals surface area contributed by atoms with Gasteiger partial charge in [-0.25, -0.2) is 14.4 Å². The molecule has 0 saturated heterocycles. The molecule has 4 rings (SSSR count). The van der Waals surface area contributed by atoms with E-state index in [1.165, 1.54) is 6.20 Å². The van der Waals surface area contributed by atoms with Crippen molar-refractivity contribution in [2.75, 3.05) is 0 Å². The van der Waals surface area contributed by atoms with Crippen LogP contribution in [0.5, 0.6) is 0 Å². The van der Waals surface area contributed by atoms with Crippen LogP contribution in [0.25, 0.3) is 33.5 Å². The van der Waals surface area contributed by atoms with Gasteiger partial charge >= 0.3 is 6.18 Å². The van der Waals surface area contributed by atoms with Crippen LogP contribution in [0.2, 0.25) is 0 Å². The largest absolute Gasteiger partial charge is 0.416 e. The lowest BCUT2D eigenvalue weighted by molar-refractivity contribution is -0.137. The minimum Gasteiger partial charge on any atom is -0.365 e. The molecule has 0 radical (unpaired) electrons. The van der Waals surface area contributed by atoms with E-state index in [1.807, 2.05) is 0 Å². The smallest absolute Gasteiger partial charge is 0.365 e. The molecular weight excluding hydrogens is 404 g/mol. The number of nitrogens with two attached hydrogens (primary N) is 1. The third-order valence-electron chi connectivity index (χ3n) is 4.45. The number of carbonyl (C=O) groups is 1. The van der Waals surface area contributed by atoms with Crippen molar-refractivity contribution in [3.63, 3.8) is 0 Å². The van der Waals surface area contributed by atoms with Gasteiger partial charge in [-0.05, 0) is 31.2 Å². The molecule has 4 aromatic rings. The number of hydrogen-bond acceptors (Lipinski definition) is 5. The van der Waals surface area contributed by atoms with E-state index in [4.69, 9.17) is 10.3 Å². The number of primary amides is 1. The average Bonchev–Trinajstić information content (AvgIpc) is 3.07. The van der Waals surface area contributed by atoms with Crippen molar-refractivity contribution in [2.24, 2.45) is 5.73 Å². The molecule has 0 bridgehead atoms. The van der Waals surface area contributed by atoms with Gasteiger partial charge in [0.1, 0.15) is 22.8 Å². The highest BCUT2D eigenvalue weighted by Crippen LogP contribution is 2.33. The first-order valence-electron chi connectivity index (χ1n) is 8.55. The van der Waals surface area contributed by atoms with Crippen molar-refractivity contribution in [3.05, 3.63) is 65.3 Å². The van der Waals surface area contributed by atoms with Gasteiger partial charge in [-0.1, -0.05) is 17.3 Å². The predicted molar refractivity (Wildman–Crippen MR) is 98.7 cm³/mol. The van der Waals surface area contributed by atoms with Crippen LogP contribution in [0, 0.1) is 12.7 Å². The normalized spacial score (nSPS) is 11.8. The molecule has 0 aliphatic carbocycles. The fourth-order valence-electron chi connectivity index (χ4n) is 3.05. The maximum absolute atomic E-state index is 13.7. The van der Waals surface area contributed by atoms with Gasteiger partial charge in [0.2, 0.25) is 0 Å². The summed E-state index contributed by atoms with van der Waals surface area (Å²) in [7, 11) is 0. The first kappa shape index (κ1) is 19.5. The van der Waals surface area contributed by atoms with Crippen LogP contribution in [0.3, 0.4) is 0 Å². The number of benzene rings is 2. The molecule has 0 aliphatic heterocycles. The summed E-state index contributed by atoms with van der Waals surface area (Å²) in [5, 5.41) is 4.43. The van der Waals surface area contributed by atoms with Crippen LogP contribution in [-0.2, 0) is 6.18 Å². The zero-order valence-electron chi connectivity index (χ0n) is 15.3. The summed E-state index contributed by atoms with van der Waals surface area (Å²) in [4.78, 5) is 20.0. The third-order valence-corrected chi connectivity index (χ3v) is 4.45. The summed E-state index contributed by atoms with van der Waals surface area (Å²) in [5.41, 5.74) is 5.27. The molecule has 0 saturated carbocycles. The molecule has 30 heavy (non-hydrogen) atoms. The predicted octanol–water partition coefficient (Wildman–Crippen LogP) is 4.52. The van der Waals surface area contributed by atoms with E-state index in [2.05, 4.69) is 15.1 Å². The van der Waals surface area contributed by atoms with Crippen LogP contribution in [0.4, 0.5) is 17.6 Å². The average molecular weight is 416 g/mol. The first-order valence-corrected chi connectivity index (χ1v) is 8.55. The Labute approximate surface area is 166 Å². The lowest BCUT2D eigenvalue weighted by atomic mass is 10.0. The van der Waals surface area contributed by atoms with Crippen LogP contribution in [-0.4, -0.2) is 21.0 Å². The molecule has 152 valence electrons. The SMILES string of the molecule is Cc1onc(-c2ccc3cnc(-c4cc(F)cc(C(F)(F)F)c4)nc3c2)c1C(N)=O. The molecule has 2 heterocycles. The standard InChI is InChI=1S/C20H12F4N4O2/c1-9-16(18(25)29)17(28-30-9)10-2-3-11-8-26-19(27-15(11)6-10)12-4-13(20(22,23)24)7-14(21)5-12/h2-8H,1H3,(H2,25,29). The number of halogens is 4. The first-order chi connectivity index (χ1) is 14.1. The fourth-order valence-corrected chi connectivity index (χ4v) is 3.05. The zero-order chi connectivity index (χ0) is 21.6. The van der Waals surface area contributed by atoms with E-state index in [0.717, 1.165) is 12.1 Å². The quantitative estimate of drug-likeness (QED) is 0.496. The Balaban J connectivity index is 1.84. The molecule has 6 nitrogen and oxygen atoms in total. The van der Waals surface area contributed by atoms with Gasteiger partial charge < -0.3 is 10.3 Å². The molecule has 1 amide bonds. The molecule has 10 heteroatoms. The number of amides is 1. The van der Waals surface area contributed by atoms with Gasteiger partial charge in [-0.15, -0.1) is 0 Å². The number of aromatic nitrogens is 3. The summed E-state index contributed by atoms with van der Waals surface area (Å²) in [6.07, 6.45) is -3.31. The van der Waals surface area contributed by atoms with Crippen molar-refractivity contribution in [2.45, 2.75) is 13.1 Å². The fraction of sp³-hybridized carbons (Fsp3) is 0.100. The highest BCUT2D eigenvalue weighted by Gasteiger charge is 2.31. The lowest BCUT2D eigenvalue weighted by Gasteiger charge is -2.09. The van der Waals surface area contributed by atoms with E-state index in [1.54, 1.807) is 25.1 Å². The van der Waals surface area contributed by atoms with Gasteiger partial charge in [0.25, 0.3) is 5.91 Å². The summed E-state index contributed by atoms with van der Waals surface area (Å²) in [5.74, 6) is -1.61. The summed E-state index contributed by atoms with van der Waals surface area (Å²) >= 11 is 0. The third kappa shape index (κ3) is 3.47. The van der Waals surface area contributed by atoms with Crippen molar-refractivity contribution in [1.29, 1.82) is 0 Å². The van der Waals surface area contributed by atoms with Gasteiger partial charge in [-0.3, -0.25) is 4.79 Å². The number of alkyl halides is 3. The van der Waals surface area contributed by atoms with Crippen LogP contribution in [0.15, 0.2) is 47.1 Å². The summed E-state index contributed by atoms with van der Waals surface area (Å²) in [6.45, 7) is 1.54. The molecule has 0 fully saturated rings. The molecule has 0 spiro atoms. The number of aryl methyl sites for hydroxylation is 1. The van der Waals surface area contributed by atoms with Gasteiger partial charge in [-0.2, -0.15) is 13.2 Å². The summed E-state index contributed by atoms with van der Waals surface area (Å²) < 4.78 is 57.8. The van der Waals surface area contributed by atoms with E-state index >= 15 is 0 Å². The Morgan fingerprint density at radius 1 is 1.10 bits per heavy atom.